The molecule has 0 aliphatic carbocycles. The number of pyridine rings is 1. The Morgan fingerprint density at radius 3 is 2.47 bits per heavy atom. The van der Waals surface area contributed by atoms with Gasteiger partial charge in [0, 0.05) is 5.39 Å². The minimum Gasteiger partial charge on any atom is -0.236 e. The smallest absolute Gasteiger partial charge is 0.129 e. The van der Waals surface area contributed by atoms with Crippen LogP contribution < -0.4 is 5.19 Å². The van der Waals surface area contributed by atoms with Crippen molar-refractivity contribution in [3.8, 4) is 0 Å². The monoisotopic (exact) mass is 235 g/mol. The molecule has 0 spiro atoms. The molecule has 2 aromatic rings. The Labute approximate surface area is 96.1 Å². The van der Waals surface area contributed by atoms with Gasteiger partial charge in [0.2, 0.25) is 0 Å². The molecule has 0 fully saturated rings. The van der Waals surface area contributed by atoms with Crippen LogP contribution in [0.5, 0.6) is 0 Å². The number of aromatic nitrogens is 1. The standard InChI is InChI=1S/C12H14ClNSi/c1-15(2,3)10-5-6-11-9(8-10)4-7-12(13)14-11/h4-8H,1-3H3. The van der Waals surface area contributed by atoms with Crippen LogP contribution in [0, 0.1) is 0 Å². The summed E-state index contributed by atoms with van der Waals surface area (Å²) >= 11 is 5.85. The topological polar surface area (TPSA) is 12.9 Å². The fourth-order valence-corrected chi connectivity index (χ4v) is 2.89. The molecule has 1 heterocycles. The predicted octanol–water partition coefficient (Wildman–Crippen LogP) is 3.43. The Morgan fingerprint density at radius 2 is 1.80 bits per heavy atom. The quantitative estimate of drug-likeness (QED) is 0.545. The van der Waals surface area contributed by atoms with Crippen molar-refractivity contribution in [3.63, 3.8) is 0 Å². The number of halogens is 1. The Morgan fingerprint density at radius 1 is 1.07 bits per heavy atom. The zero-order valence-electron chi connectivity index (χ0n) is 9.21. The van der Waals surface area contributed by atoms with E-state index in [-0.39, 0.29) is 0 Å². The van der Waals surface area contributed by atoms with Crippen LogP contribution in [0.15, 0.2) is 30.3 Å². The fourth-order valence-electron chi connectivity index (χ4n) is 1.57. The zero-order chi connectivity index (χ0) is 11.1. The van der Waals surface area contributed by atoms with E-state index in [1.54, 1.807) is 0 Å². The maximum atomic E-state index is 5.85. The first-order valence-corrected chi connectivity index (χ1v) is 8.91. The molecule has 78 valence electrons. The summed E-state index contributed by atoms with van der Waals surface area (Å²) in [5.74, 6) is 0. The second-order valence-electron chi connectivity index (χ2n) is 4.79. The molecule has 0 N–H and O–H groups in total. The van der Waals surface area contributed by atoms with Crippen LogP contribution in [0.25, 0.3) is 10.9 Å². The third-order valence-electron chi connectivity index (χ3n) is 2.52. The molecule has 0 aliphatic rings. The highest BCUT2D eigenvalue weighted by Gasteiger charge is 2.16. The van der Waals surface area contributed by atoms with Gasteiger partial charge in [-0.15, -0.1) is 0 Å². The molecule has 3 heteroatoms. The molecule has 0 saturated heterocycles. The maximum Gasteiger partial charge on any atom is 0.129 e. The van der Waals surface area contributed by atoms with Gasteiger partial charge in [-0.1, -0.05) is 48.6 Å². The summed E-state index contributed by atoms with van der Waals surface area (Å²) in [5, 5.41) is 3.20. The molecule has 15 heavy (non-hydrogen) atoms. The number of benzene rings is 1. The summed E-state index contributed by atoms with van der Waals surface area (Å²) in [5.41, 5.74) is 0.976. The number of nitrogens with zero attached hydrogens (tertiary/aromatic N) is 1. The van der Waals surface area contributed by atoms with Gasteiger partial charge in [-0.2, -0.15) is 0 Å². The minimum atomic E-state index is -1.22. The molecule has 1 nitrogen and oxygen atoms in total. The van der Waals surface area contributed by atoms with Gasteiger partial charge in [0.15, 0.2) is 0 Å². The van der Waals surface area contributed by atoms with E-state index < -0.39 is 8.07 Å². The molecule has 0 atom stereocenters. The first kappa shape index (κ1) is 10.6. The van der Waals surface area contributed by atoms with Crippen LogP contribution >= 0.6 is 11.6 Å². The van der Waals surface area contributed by atoms with E-state index in [0.29, 0.717) is 5.15 Å². The van der Waals surface area contributed by atoms with Gasteiger partial charge in [0.05, 0.1) is 13.6 Å². The summed E-state index contributed by atoms with van der Waals surface area (Å²) < 4.78 is 0. The lowest BCUT2D eigenvalue weighted by atomic mass is 10.2. The molecule has 1 aromatic carbocycles. The Balaban J connectivity index is 2.62. The summed E-state index contributed by atoms with van der Waals surface area (Å²) in [6.07, 6.45) is 0. The zero-order valence-corrected chi connectivity index (χ0v) is 11.0. The van der Waals surface area contributed by atoms with Gasteiger partial charge in [-0.25, -0.2) is 4.98 Å². The third kappa shape index (κ3) is 2.21. The molecule has 0 unspecified atom stereocenters. The second-order valence-corrected chi connectivity index (χ2v) is 10.3. The molecular weight excluding hydrogens is 222 g/mol. The lowest BCUT2D eigenvalue weighted by Crippen LogP contribution is -2.37. The van der Waals surface area contributed by atoms with Crippen molar-refractivity contribution in [2.45, 2.75) is 19.6 Å². The third-order valence-corrected chi connectivity index (χ3v) is 4.77. The highest BCUT2D eigenvalue weighted by molar-refractivity contribution is 6.88. The lowest BCUT2D eigenvalue weighted by Gasteiger charge is -2.16. The van der Waals surface area contributed by atoms with E-state index in [4.69, 9.17) is 11.6 Å². The SMILES string of the molecule is C[Si](C)(C)c1ccc2nc(Cl)ccc2c1. The van der Waals surface area contributed by atoms with Crippen molar-refractivity contribution in [3.05, 3.63) is 35.5 Å². The summed E-state index contributed by atoms with van der Waals surface area (Å²) in [4.78, 5) is 4.28. The van der Waals surface area contributed by atoms with Crippen molar-refractivity contribution in [1.29, 1.82) is 0 Å². The van der Waals surface area contributed by atoms with Crippen molar-refractivity contribution in [2.24, 2.45) is 0 Å². The minimum absolute atomic E-state index is 0.559. The predicted molar refractivity (Wildman–Crippen MR) is 69.7 cm³/mol. The molecule has 1 aromatic heterocycles. The summed E-state index contributed by atoms with van der Waals surface area (Å²) in [7, 11) is -1.22. The number of hydrogen-bond acceptors (Lipinski definition) is 1. The molecule has 0 amide bonds. The van der Waals surface area contributed by atoms with Crippen LogP contribution in [-0.4, -0.2) is 13.1 Å². The van der Waals surface area contributed by atoms with Gasteiger partial charge < -0.3 is 0 Å². The van der Waals surface area contributed by atoms with Crippen molar-refractivity contribution < 1.29 is 0 Å². The first-order valence-electron chi connectivity index (χ1n) is 5.03. The Kier molecular flexibility index (Phi) is 2.57. The van der Waals surface area contributed by atoms with E-state index in [2.05, 4.69) is 42.8 Å². The molecule has 0 radical (unpaired) electrons. The molecule has 0 saturated carbocycles. The lowest BCUT2D eigenvalue weighted by molar-refractivity contribution is 1.41. The maximum absolute atomic E-state index is 5.85. The van der Waals surface area contributed by atoms with Gasteiger partial charge in [-0.3, -0.25) is 0 Å². The summed E-state index contributed by atoms with van der Waals surface area (Å²) in [6, 6.07) is 10.4. The van der Waals surface area contributed by atoms with E-state index >= 15 is 0 Å². The van der Waals surface area contributed by atoms with E-state index in [0.717, 1.165) is 5.52 Å². The molecular formula is C12H14ClNSi. The van der Waals surface area contributed by atoms with Gasteiger partial charge in [-0.05, 0) is 18.2 Å². The molecule has 0 bridgehead atoms. The van der Waals surface area contributed by atoms with E-state index in [1.165, 1.54) is 10.6 Å². The van der Waals surface area contributed by atoms with Crippen molar-refractivity contribution in [2.75, 3.05) is 0 Å². The highest BCUT2D eigenvalue weighted by Crippen LogP contribution is 2.15. The molecule has 0 aliphatic heterocycles. The van der Waals surface area contributed by atoms with Gasteiger partial charge in [0.1, 0.15) is 5.15 Å². The Hall–Kier alpha value is -0.863. The second kappa shape index (κ2) is 3.61. The van der Waals surface area contributed by atoms with Crippen LogP contribution in [0.1, 0.15) is 0 Å². The van der Waals surface area contributed by atoms with Crippen molar-refractivity contribution >= 4 is 35.8 Å². The van der Waals surface area contributed by atoms with E-state index in [9.17, 15) is 0 Å². The Bertz CT molecular complexity index is 502. The average Bonchev–Trinajstić information content (AvgIpc) is 2.15. The van der Waals surface area contributed by atoms with Crippen LogP contribution in [-0.2, 0) is 0 Å². The highest BCUT2D eigenvalue weighted by atomic mass is 35.5. The van der Waals surface area contributed by atoms with Gasteiger partial charge in [0.25, 0.3) is 0 Å². The average molecular weight is 236 g/mol. The van der Waals surface area contributed by atoms with Crippen LogP contribution in [0.4, 0.5) is 0 Å². The largest absolute Gasteiger partial charge is 0.236 e. The van der Waals surface area contributed by atoms with Crippen LogP contribution in [0.3, 0.4) is 0 Å². The summed E-state index contributed by atoms with van der Waals surface area (Å²) in [6.45, 7) is 7.03. The van der Waals surface area contributed by atoms with E-state index in [1.807, 2.05) is 12.1 Å². The van der Waals surface area contributed by atoms with Crippen molar-refractivity contribution in [1.82, 2.24) is 4.98 Å². The normalized spacial score (nSPS) is 12.0. The van der Waals surface area contributed by atoms with Gasteiger partial charge >= 0.3 is 0 Å². The fraction of sp³-hybridized carbons (Fsp3) is 0.250. The van der Waals surface area contributed by atoms with Crippen LogP contribution in [0.2, 0.25) is 24.8 Å². The first-order chi connectivity index (χ1) is 6.97. The number of hydrogen-bond donors (Lipinski definition) is 0. The number of fused-ring (bicyclic) bond motifs is 1. The number of rotatable bonds is 1. The molecule has 2 rings (SSSR count).